The average molecular weight is 376 g/mol. The summed E-state index contributed by atoms with van der Waals surface area (Å²) in [6.45, 7) is 5.46. The van der Waals surface area contributed by atoms with Gasteiger partial charge in [-0.1, -0.05) is 42.0 Å². The van der Waals surface area contributed by atoms with Crippen LogP contribution in [-0.2, 0) is 16.8 Å². The van der Waals surface area contributed by atoms with Crippen molar-refractivity contribution < 1.29 is 14.6 Å². The van der Waals surface area contributed by atoms with Gasteiger partial charge in [-0.25, -0.2) is 9.97 Å². The van der Waals surface area contributed by atoms with E-state index in [4.69, 9.17) is 9.47 Å². The number of rotatable bonds is 6. The van der Waals surface area contributed by atoms with Crippen molar-refractivity contribution in [2.45, 2.75) is 32.0 Å². The average Bonchev–Trinajstić information content (AvgIpc) is 2.68. The molecule has 0 radical (unpaired) electrons. The minimum atomic E-state index is -0.693. The summed E-state index contributed by atoms with van der Waals surface area (Å²) in [5, 5.41) is 9.60. The van der Waals surface area contributed by atoms with Crippen molar-refractivity contribution in [1.82, 2.24) is 9.97 Å². The first-order chi connectivity index (χ1) is 13.6. The molecule has 1 aromatic heterocycles. The van der Waals surface area contributed by atoms with E-state index in [0.29, 0.717) is 25.6 Å². The molecule has 2 aromatic carbocycles. The monoisotopic (exact) mass is 376 g/mol. The van der Waals surface area contributed by atoms with E-state index in [1.807, 2.05) is 12.1 Å². The summed E-state index contributed by atoms with van der Waals surface area (Å²) in [7, 11) is 0. The maximum Gasteiger partial charge on any atom is 0.156 e. The Labute approximate surface area is 165 Å². The molecule has 1 fully saturated rings. The van der Waals surface area contributed by atoms with Crippen LogP contribution in [0.2, 0.25) is 0 Å². The van der Waals surface area contributed by atoms with Crippen molar-refractivity contribution >= 4 is 0 Å². The van der Waals surface area contributed by atoms with Crippen LogP contribution >= 0.6 is 0 Å². The normalized spacial score (nSPS) is 16.2. The summed E-state index contributed by atoms with van der Waals surface area (Å²) in [4.78, 5) is 8.36. The Bertz CT molecular complexity index is 933. The Morgan fingerprint density at radius 2 is 1.68 bits per heavy atom. The Kier molecular flexibility index (Phi) is 5.11. The van der Waals surface area contributed by atoms with E-state index in [1.54, 1.807) is 19.2 Å². The van der Waals surface area contributed by atoms with E-state index < -0.39 is 6.10 Å². The number of ether oxygens (including phenoxy) is 2. The van der Waals surface area contributed by atoms with Crippen LogP contribution in [0.5, 0.6) is 5.75 Å². The predicted molar refractivity (Wildman–Crippen MR) is 106 cm³/mol. The molecule has 28 heavy (non-hydrogen) atoms. The molecule has 0 bridgehead atoms. The van der Waals surface area contributed by atoms with Gasteiger partial charge in [-0.2, -0.15) is 0 Å². The molecule has 0 aliphatic carbocycles. The van der Waals surface area contributed by atoms with Gasteiger partial charge in [-0.05, 0) is 43.2 Å². The number of hydrogen-bond donors (Lipinski definition) is 1. The van der Waals surface area contributed by atoms with Crippen LogP contribution in [0.15, 0.2) is 60.8 Å². The van der Waals surface area contributed by atoms with E-state index >= 15 is 0 Å². The third kappa shape index (κ3) is 3.63. The van der Waals surface area contributed by atoms with Crippen LogP contribution in [-0.4, -0.2) is 28.3 Å². The highest BCUT2D eigenvalue weighted by Crippen LogP contribution is 2.39. The molecule has 1 atom stereocenters. The number of benzene rings is 2. The molecule has 1 N–H and O–H groups in total. The number of nitrogens with zero attached hydrogens (tertiary/aromatic N) is 2. The molecule has 1 unspecified atom stereocenters. The first kappa shape index (κ1) is 18.6. The fourth-order valence-electron chi connectivity index (χ4n) is 3.40. The molecule has 0 spiro atoms. The zero-order valence-electron chi connectivity index (χ0n) is 16.1. The van der Waals surface area contributed by atoms with Crippen LogP contribution < -0.4 is 4.74 Å². The molecule has 4 rings (SSSR count). The molecule has 0 amide bonds. The maximum absolute atomic E-state index is 9.60. The fraction of sp³-hybridized carbons (Fsp3) is 0.304. The van der Waals surface area contributed by atoms with Crippen LogP contribution in [0.4, 0.5) is 0 Å². The molecule has 5 nitrogen and oxygen atoms in total. The summed E-state index contributed by atoms with van der Waals surface area (Å²) in [6, 6.07) is 18.7. The summed E-state index contributed by atoms with van der Waals surface area (Å²) >= 11 is 0. The number of aryl methyl sites for hydroxylation is 1. The van der Waals surface area contributed by atoms with E-state index in [2.05, 4.69) is 53.3 Å². The molecule has 0 saturated carbocycles. The van der Waals surface area contributed by atoms with Crippen molar-refractivity contribution in [3.63, 3.8) is 0 Å². The number of aliphatic hydroxyl groups excluding tert-OH is 1. The van der Waals surface area contributed by atoms with Gasteiger partial charge in [-0.15, -0.1) is 0 Å². The Balaban J connectivity index is 1.48. The molecule has 144 valence electrons. The SMILES string of the molecule is Cc1ccc(C2(c3ccc(OCc4ccnc(C(C)O)n4)cc3)COC2)cc1. The maximum atomic E-state index is 9.60. The lowest BCUT2D eigenvalue weighted by molar-refractivity contribution is -0.0380. The van der Waals surface area contributed by atoms with Gasteiger partial charge in [0, 0.05) is 6.20 Å². The lowest BCUT2D eigenvalue weighted by Gasteiger charge is -2.42. The van der Waals surface area contributed by atoms with E-state index in [-0.39, 0.29) is 5.41 Å². The highest BCUT2D eigenvalue weighted by molar-refractivity contribution is 5.44. The first-order valence-electron chi connectivity index (χ1n) is 9.45. The van der Waals surface area contributed by atoms with Crippen molar-refractivity contribution in [3.8, 4) is 5.75 Å². The van der Waals surface area contributed by atoms with Gasteiger partial charge >= 0.3 is 0 Å². The second-order valence-electron chi connectivity index (χ2n) is 7.34. The lowest BCUT2D eigenvalue weighted by atomic mass is 9.73. The summed E-state index contributed by atoms with van der Waals surface area (Å²) in [5.74, 6) is 1.18. The highest BCUT2D eigenvalue weighted by Gasteiger charge is 2.41. The first-order valence-corrected chi connectivity index (χ1v) is 9.45. The largest absolute Gasteiger partial charge is 0.487 e. The number of aromatic nitrogens is 2. The van der Waals surface area contributed by atoms with Crippen LogP contribution in [0.3, 0.4) is 0 Å². The molecule has 1 aliphatic rings. The molecular formula is C23H24N2O3. The zero-order valence-corrected chi connectivity index (χ0v) is 16.1. The van der Waals surface area contributed by atoms with Gasteiger partial charge in [0.25, 0.3) is 0 Å². The minimum absolute atomic E-state index is 0.0783. The highest BCUT2D eigenvalue weighted by atomic mass is 16.5. The van der Waals surface area contributed by atoms with E-state index in [0.717, 1.165) is 11.4 Å². The quantitative estimate of drug-likeness (QED) is 0.710. The van der Waals surface area contributed by atoms with Gasteiger partial charge in [0.2, 0.25) is 0 Å². The second-order valence-corrected chi connectivity index (χ2v) is 7.34. The molecule has 3 aromatic rings. The molecule has 2 heterocycles. The van der Waals surface area contributed by atoms with E-state index in [9.17, 15) is 5.11 Å². The third-order valence-electron chi connectivity index (χ3n) is 5.20. The molecule has 1 saturated heterocycles. The zero-order chi connectivity index (χ0) is 19.6. The van der Waals surface area contributed by atoms with Gasteiger partial charge in [0.05, 0.1) is 24.3 Å². The predicted octanol–water partition coefficient (Wildman–Crippen LogP) is 3.73. The van der Waals surface area contributed by atoms with Gasteiger partial charge in [0.1, 0.15) is 18.5 Å². The number of aliphatic hydroxyl groups is 1. The number of hydrogen-bond acceptors (Lipinski definition) is 5. The minimum Gasteiger partial charge on any atom is -0.487 e. The van der Waals surface area contributed by atoms with Gasteiger partial charge < -0.3 is 14.6 Å². The van der Waals surface area contributed by atoms with Gasteiger partial charge in [-0.3, -0.25) is 0 Å². The van der Waals surface area contributed by atoms with Crippen molar-refractivity contribution in [3.05, 3.63) is 89.0 Å². The fourth-order valence-corrected chi connectivity index (χ4v) is 3.40. The molecule has 5 heteroatoms. The topological polar surface area (TPSA) is 64.5 Å². The van der Waals surface area contributed by atoms with E-state index in [1.165, 1.54) is 16.7 Å². The van der Waals surface area contributed by atoms with Crippen molar-refractivity contribution in [2.75, 3.05) is 13.2 Å². The Morgan fingerprint density at radius 1 is 1.04 bits per heavy atom. The van der Waals surface area contributed by atoms with Crippen LogP contribution in [0, 0.1) is 6.92 Å². The standard InChI is InChI=1S/C23H24N2O3/c1-16-3-5-18(6-4-16)23(14-27-15-23)19-7-9-21(10-8-19)28-13-20-11-12-24-22(25-20)17(2)26/h3-12,17,26H,13-15H2,1-2H3. The van der Waals surface area contributed by atoms with Crippen molar-refractivity contribution in [2.24, 2.45) is 0 Å². The van der Waals surface area contributed by atoms with Crippen LogP contribution in [0.25, 0.3) is 0 Å². The van der Waals surface area contributed by atoms with Crippen LogP contribution in [0.1, 0.15) is 41.2 Å². The summed E-state index contributed by atoms with van der Waals surface area (Å²) in [5.41, 5.74) is 4.42. The molecular weight excluding hydrogens is 352 g/mol. The van der Waals surface area contributed by atoms with Crippen molar-refractivity contribution in [1.29, 1.82) is 0 Å². The third-order valence-corrected chi connectivity index (χ3v) is 5.20. The summed E-state index contributed by atoms with van der Waals surface area (Å²) < 4.78 is 11.4. The Hall–Kier alpha value is -2.76. The molecule has 1 aliphatic heterocycles. The lowest BCUT2D eigenvalue weighted by Crippen LogP contribution is -2.47. The smallest absolute Gasteiger partial charge is 0.156 e. The Morgan fingerprint density at radius 3 is 2.25 bits per heavy atom. The second kappa shape index (κ2) is 7.70. The summed E-state index contributed by atoms with van der Waals surface area (Å²) in [6.07, 6.45) is 0.945. The van der Waals surface area contributed by atoms with Gasteiger partial charge in [0.15, 0.2) is 5.82 Å².